The van der Waals surface area contributed by atoms with Crippen LogP contribution in [0, 0.1) is 0 Å². The molecule has 2 aromatic rings. The molecule has 0 atom stereocenters. The van der Waals surface area contributed by atoms with Gasteiger partial charge in [-0.25, -0.2) is 4.98 Å². The quantitative estimate of drug-likeness (QED) is 0.859. The highest BCUT2D eigenvalue weighted by atomic mass is 79.9. The molecule has 0 aliphatic carbocycles. The van der Waals surface area contributed by atoms with Crippen LogP contribution >= 0.6 is 15.9 Å². The zero-order valence-electron chi connectivity index (χ0n) is 8.64. The summed E-state index contributed by atoms with van der Waals surface area (Å²) in [5.74, 6) is 0.912. The number of aromatic nitrogens is 1. The molecule has 0 bridgehead atoms. The van der Waals surface area contributed by atoms with Crippen molar-refractivity contribution in [2.75, 3.05) is 7.11 Å². The molecule has 1 N–H and O–H groups in total. The SMILES string of the molecule is COc1ccc(-c2cccc(O)c2)nc1Br. The second-order valence-electron chi connectivity index (χ2n) is 3.24. The Balaban J connectivity index is 2.45. The molecule has 1 heterocycles. The first-order valence-corrected chi connectivity index (χ1v) is 5.50. The van der Waals surface area contributed by atoms with E-state index in [9.17, 15) is 5.11 Å². The first-order valence-electron chi connectivity index (χ1n) is 4.70. The van der Waals surface area contributed by atoms with Gasteiger partial charge in [-0.15, -0.1) is 0 Å². The topological polar surface area (TPSA) is 42.4 Å². The van der Waals surface area contributed by atoms with Crippen molar-refractivity contribution in [2.45, 2.75) is 0 Å². The number of hydrogen-bond acceptors (Lipinski definition) is 3. The summed E-state index contributed by atoms with van der Waals surface area (Å²) in [6.45, 7) is 0. The van der Waals surface area contributed by atoms with Gasteiger partial charge in [-0.2, -0.15) is 0 Å². The van der Waals surface area contributed by atoms with Crippen LogP contribution in [0.3, 0.4) is 0 Å². The highest BCUT2D eigenvalue weighted by molar-refractivity contribution is 9.10. The Kier molecular flexibility index (Phi) is 3.10. The van der Waals surface area contributed by atoms with Crippen LogP contribution in [-0.2, 0) is 0 Å². The predicted molar refractivity (Wildman–Crippen MR) is 65.6 cm³/mol. The monoisotopic (exact) mass is 279 g/mol. The van der Waals surface area contributed by atoms with Crippen LogP contribution in [-0.4, -0.2) is 17.2 Å². The average Bonchev–Trinajstić information content (AvgIpc) is 2.29. The van der Waals surface area contributed by atoms with Crippen LogP contribution in [0.2, 0.25) is 0 Å². The molecule has 0 saturated heterocycles. The molecule has 3 nitrogen and oxygen atoms in total. The normalized spacial score (nSPS) is 10.1. The van der Waals surface area contributed by atoms with Crippen molar-refractivity contribution in [1.82, 2.24) is 4.98 Å². The summed E-state index contributed by atoms with van der Waals surface area (Å²) in [6.07, 6.45) is 0. The van der Waals surface area contributed by atoms with Gasteiger partial charge >= 0.3 is 0 Å². The molecule has 4 heteroatoms. The number of pyridine rings is 1. The van der Waals surface area contributed by atoms with Gasteiger partial charge in [0.2, 0.25) is 0 Å². The van der Waals surface area contributed by atoms with Gasteiger partial charge in [0.05, 0.1) is 12.8 Å². The minimum Gasteiger partial charge on any atom is -0.508 e. The Bertz CT molecular complexity index is 514. The Morgan fingerprint density at radius 2 is 2.06 bits per heavy atom. The molecule has 0 aliphatic rings. The molecule has 1 aromatic carbocycles. The third-order valence-electron chi connectivity index (χ3n) is 2.18. The Morgan fingerprint density at radius 3 is 2.69 bits per heavy atom. The van der Waals surface area contributed by atoms with Crippen LogP contribution in [0.4, 0.5) is 0 Å². The number of phenols is 1. The fraction of sp³-hybridized carbons (Fsp3) is 0.0833. The third kappa shape index (κ3) is 2.17. The summed E-state index contributed by atoms with van der Waals surface area (Å²) in [7, 11) is 1.59. The van der Waals surface area contributed by atoms with Gasteiger partial charge in [0.15, 0.2) is 5.75 Å². The fourth-order valence-corrected chi connectivity index (χ4v) is 1.88. The number of methoxy groups -OCH3 is 1. The molecule has 2 rings (SSSR count). The number of halogens is 1. The maximum atomic E-state index is 9.38. The van der Waals surface area contributed by atoms with E-state index in [4.69, 9.17) is 4.74 Å². The minimum atomic E-state index is 0.228. The first kappa shape index (κ1) is 11.0. The highest BCUT2D eigenvalue weighted by Gasteiger charge is 2.05. The molecule has 0 aliphatic heterocycles. The molecule has 16 heavy (non-hydrogen) atoms. The number of aromatic hydroxyl groups is 1. The summed E-state index contributed by atoms with van der Waals surface area (Å²) >= 11 is 3.32. The summed E-state index contributed by atoms with van der Waals surface area (Å²) in [5, 5.41) is 9.38. The van der Waals surface area contributed by atoms with Gasteiger partial charge in [0.1, 0.15) is 10.4 Å². The van der Waals surface area contributed by atoms with E-state index in [1.807, 2.05) is 18.2 Å². The Labute approximate surface area is 102 Å². The third-order valence-corrected chi connectivity index (χ3v) is 2.74. The number of ether oxygens (including phenoxy) is 1. The van der Waals surface area contributed by atoms with E-state index in [2.05, 4.69) is 20.9 Å². The van der Waals surface area contributed by atoms with Crippen LogP contribution in [0.15, 0.2) is 41.0 Å². The summed E-state index contributed by atoms with van der Waals surface area (Å²) in [5.41, 5.74) is 1.65. The van der Waals surface area contributed by atoms with Gasteiger partial charge < -0.3 is 9.84 Å². The lowest BCUT2D eigenvalue weighted by molar-refractivity contribution is 0.410. The number of benzene rings is 1. The minimum absolute atomic E-state index is 0.228. The molecule has 0 saturated carbocycles. The largest absolute Gasteiger partial charge is 0.508 e. The molecular formula is C12H10BrNO2. The number of hydrogen-bond donors (Lipinski definition) is 1. The van der Waals surface area contributed by atoms with Crippen LogP contribution < -0.4 is 4.74 Å². The number of phenolic OH excluding ortho intramolecular Hbond substituents is 1. The fourth-order valence-electron chi connectivity index (χ4n) is 1.40. The molecule has 0 unspecified atom stereocenters. The maximum absolute atomic E-state index is 9.38. The molecule has 0 amide bonds. The average molecular weight is 280 g/mol. The van der Waals surface area contributed by atoms with Gasteiger partial charge in [0.25, 0.3) is 0 Å². The molecule has 82 valence electrons. The van der Waals surface area contributed by atoms with Crippen molar-refractivity contribution in [3.05, 3.63) is 41.0 Å². The van der Waals surface area contributed by atoms with E-state index in [-0.39, 0.29) is 5.75 Å². The molecular weight excluding hydrogens is 270 g/mol. The van der Waals surface area contributed by atoms with Crippen molar-refractivity contribution in [2.24, 2.45) is 0 Å². The van der Waals surface area contributed by atoms with Gasteiger partial charge in [-0.05, 0) is 40.2 Å². The Morgan fingerprint density at radius 1 is 1.25 bits per heavy atom. The summed E-state index contributed by atoms with van der Waals surface area (Å²) in [6, 6.07) is 10.6. The lowest BCUT2D eigenvalue weighted by atomic mass is 10.1. The van der Waals surface area contributed by atoms with E-state index in [0.29, 0.717) is 10.4 Å². The summed E-state index contributed by atoms with van der Waals surface area (Å²) in [4.78, 5) is 4.34. The first-order chi connectivity index (χ1) is 7.70. The smallest absolute Gasteiger partial charge is 0.151 e. The van der Waals surface area contributed by atoms with E-state index >= 15 is 0 Å². The predicted octanol–water partition coefficient (Wildman–Crippen LogP) is 3.23. The van der Waals surface area contributed by atoms with Crippen LogP contribution in [0.25, 0.3) is 11.3 Å². The van der Waals surface area contributed by atoms with Gasteiger partial charge in [-0.1, -0.05) is 12.1 Å². The maximum Gasteiger partial charge on any atom is 0.151 e. The van der Waals surface area contributed by atoms with E-state index in [0.717, 1.165) is 11.3 Å². The van der Waals surface area contributed by atoms with Crippen molar-refractivity contribution >= 4 is 15.9 Å². The van der Waals surface area contributed by atoms with Crippen molar-refractivity contribution in [1.29, 1.82) is 0 Å². The van der Waals surface area contributed by atoms with Crippen molar-refractivity contribution in [3.63, 3.8) is 0 Å². The zero-order chi connectivity index (χ0) is 11.5. The Hall–Kier alpha value is -1.55. The zero-order valence-corrected chi connectivity index (χ0v) is 10.2. The van der Waals surface area contributed by atoms with Crippen molar-refractivity contribution < 1.29 is 9.84 Å². The standard InChI is InChI=1S/C12H10BrNO2/c1-16-11-6-5-10(14-12(11)13)8-3-2-4-9(15)7-8/h2-7,15H,1H3. The summed E-state index contributed by atoms with van der Waals surface area (Å²) < 4.78 is 5.75. The lowest BCUT2D eigenvalue weighted by Crippen LogP contribution is -1.89. The van der Waals surface area contributed by atoms with E-state index in [1.54, 1.807) is 25.3 Å². The molecule has 1 aromatic heterocycles. The van der Waals surface area contributed by atoms with Crippen LogP contribution in [0.1, 0.15) is 0 Å². The number of nitrogens with zero attached hydrogens (tertiary/aromatic N) is 1. The van der Waals surface area contributed by atoms with Gasteiger partial charge in [-0.3, -0.25) is 0 Å². The molecule has 0 fully saturated rings. The highest BCUT2D eigenvalue weighted by Crippen LogP contribution is 2.28. The van der Waals surface area contributed by atoms with E-state index in [1.165, 1.54) is 0 Å². The molecule has 0 spiro atoms. The molecule has 0 radical (unpaired) electrons. The lowest BCUT2D eigenvalue weighted by Gasteiger charge is -2.05. The second kappa shape index (κ2) is 4.53. The van der Waals surface area contributed by atoms with Crippen molar-refractivity contribution in [3.8, 4) is 22.8 Å². The van der Waals surface area contributed by atoms with Gasteiger partial charge in [0, 0.05) is 5.56 Å². The van der Waals surface area contributed by atoms with E-state index < -0.39 is 0 Å². The number of rotatable bonds is 2. The second-order valence-corrected chi connectivity index (χ2v) is 3.99. The van der Waals surface area contributed by atoms with Crippen LogP contribution in [0.5, 0.6) is 11.5 Å².